The van der Waals surface area contributed by atoms with E-state index in [9.17, 15) is 13.6 Å². The molecule has 0 saturated heterocycles. The Morgan fingerprint density at radius 2 is 2.00 bits per heavy atom. The van der Waals surface area contributed by atoms with Crippen LogP contribution >= 0.6 is 0 Å². The van der Waals surface area contributed by atoms with E-state index < -0.39 is 18.0 Å². The van der Waals surface area contributed by atoms with E-state index in [0.29, 0.717) is 0 Å². The summed E-state index contributed by atoms with van der Waals surface area (Å²) in [7, 11) is 0. The predicted molar refractivity (Wildman–Crippen MR) is 54.9 cm³/mol. The molecule has 0 aliphatic rings. The first-order valence-corrected chi connectivity index (χ1v) is 4.88. The van der Waals surface area contributed by atoms with Crippen molar-refractivity contribution in [2.75, 3.05) is 6.54 Å². The van der Waals surface area contributed by atoms with E-state index >= 15 is 0 Å². The molecule has 15 heavy (non-hydrogen) atoms. The highest BCUT2D eigenvalue weighted by Gasteiger charge is 2.35. The van der Waals surface area contributed by atoms with Crippen LogP contribution in [0.1, 0.15) is 27.2 Å². The Balaban J connectivity index is 4.34. The first kappa shape index (κ1) is 14.1. The number of hydrogen-bond acceptors (Lipinski definition) is 2. The minimum atomic E-state index is -2.64. The van der Waals surface area contributed by atoms with Crippen LogP contribution in [0.15, 0.2) is 0 Å². The third-order valence-electron chi connectivity index (χ3n) is 1.96. The molecule has 6 heteroatoms. The fraction of sp³-hybridized carbons (Fsp3) is 0.889. The maximum atomic E-state index is 12.7. The number of halogens is 2. The fourth-order valence-corrected chi connectivity index (χ4v) is 1.08. The number of hydrogen-bond donors (Lipinski definition) is 3. The molecule has 90 valence electrons. The maximum absolute atomic E-state index is 12.7. The number of nitrogens with two attached hydrogens (primary N) is 1. The molecule has 0 aromatic heterocycles. The lowest BCUT2D eigenvalue weighted by Gasteiger charge is -2.30. The normalized spacial score (nSPS) is 15.2. The van der Waals surface area contributed by atoms with E-state index in [1.165, 1.54) is 6.92 Å². The van der Waals surface area contributed by atoms with E-state index in [2.05, 4.69) is 10.6 Å². The predicted octanol–water partition coefficient (Wildman–Crippen LogP) is 1.07. The van der Waals surface area contributed by atoms with Gasteiger partial charge in [0.05, 0.1) is 0 Å². The van der Waals surface area contributed by atoms with Crippen LogP contribution in [0.4, 0.5) is 13.6 Å². The van der Waals surface area contributed by atoms with Gasteiger partial charge in [-0.2, -0.15) is 0 Å². The number of carbonyl (C=O) groups is 1. The lowest BCUT2D eigenvalue weighted by atomic mass is 9.99. The molecule has 0 radical (unpaired) electrons. The van der Waals surface area contributed by atoms with E-state index in [0.717, 1.165) is 0 Å². The lowest BCUT2D eigenvalue weighted by molar-refractivity contribution is 0.0425. The Morgan fingerprint density at radius 1 is 1.47 bits per heavy atom. The molecule has 0 rings (SSSR count). The summed E-state index contributed by atoms with van der Waals surface area (Å²) in [5, 5.41) is 4.73. The van der Waals surface area contributed by atoms with Crippen LogP contribution in [-0.2, 0) is 0 Å². The van der Waals surface area contributed by atoms with Crippen LogP contribution in [0.2, 0.25) is 0 Å². The summed E-state index contributed by atoms with van der Waals surface area (Å²) in [6.07, 6.45) is -2.60. The van der Waals surface area contributed by atoms with Gasteiger partial charge in [-0.25, -0.2) is 13.6 Å². The topological polar surface area (TPSA) is 67.2 Å². The van der Waals surface area contributed by atoms with Crippen molar-refractivity contribution in [3.8, 4) is 0 Å². The second-order valence-corrected chi connectivity index (χ2v) is 4.01. The van der Waals surface area contributed by atoms with Crippen molar-refractivity contribution in [1.29, 1.82) is 0 Å². The minimum absolute atomic E-state index is 0.0379. The van der Waals surface area contributed by atoms with Gasteiger partial charge in [0.1, 0.15) is 5.54 Å². The van der Waals surface area contributed by atoms with Crippen molar-refractivity contribution >= 4 is 6.03 Å². The monoisotopic (exact) mass is 223 g/mol. The highest BCUT2D eigenvalue weighted by Crippen LogP contribution is 2.18. The fourth-order valence-electron chi connectivity index (χ4n) is 1.08. The zero-order valence-electron chi connectivity index (χ0n) is 9.31. The molecule has 0 spiro atoms. The van der Waals surface area contributed by atoms with Gasteiger partial charge in [0.2, 0.25) is 0 Å². The molecular formula is C9H19F2N3O. The van der Waals surface area contributed by atoms with Crippen molar-refractivity contribution in [3.05, 3.63) is 0 Å². The average Bonchev–Trinajstić information content (AvgIpc) is 2.01. The molecular weight excluding hydrogens is 204 g/mol. The molecule has 0 aromatic carbocycles. The number of alkyl halides is 2. The van der Waals surface area contributed by atoms with Crippen molar-refractivity contribution in [3.63, 3.8) is 0 Å². The van der Waals surface area contributed by atoms with Gasteiger partial charge in [0, 0.05) is 6.04 Å². The Labute approximate surface area is 88.6 Å². The largest absolute Gasteiger partial charge is 0.336 e. The van der Waals surface area contributed by atoms with Crippen LogP contribution < -0.4 is 16.4 Å². The smallest absolute Gasteiger partial charge is 0.315 e. The van der Waals surface area contributed by atoms with Gasteiger partial charge in [-0.15, -0.1) is 0 Å². The number of amides is 2. The van der Waals surface area contributed by atoms with E-state index in [1.54, 1.807) is 13.8 Å². The molecule has 0 aliphatic carbocycles. The molecule has 0 heterocycles. The van der Waals surface area contributed by atoms with E-state index in [4.69, 9.17) is 5.73 Å². The van der Waals surface area contributed by atoms with Gasteiger partial charge in [-0.05, 0) is 33.7 Å². The van der Waals surface area contributed by atoms with Crippen molar-refractivity contribution in [2.45, 2.75) is 45.2 Å². The standard InChI is InChI=1S/C9H19F2N3O/c1-6(2)13-8(15)14-9(3,4-5-12)7(10)11/h6-7H,4-5,12H2,1-3H3,(H2,13,14,15). The minimum Gasteiger partial charge on any atom is -0.336 e. The SMILES string of the molecule is CC(C)NC(=O)NC(C)(CCN)C(F)F. The molecule has 0 aromatic rings. The summed E-state index contributed by atoms with van der Waals surface area (Å²) in [5.74, 6) is 0. The van der Waals surface area contributed by atoms with E-state index in [-0.39, 0.29) is 19.0 Å². The Hall–Kier alpha value is -0.910. The first-order valence-electron chi connectivity index (χ1n) is 4.88. The van der Waals surface area contributed by atoms with Gasteiger partial charge in [0.25, 0.3) is 6.43 Å². The summed E-state index contributed by atoms with van der Waals surface area (Å²) < 4.78 is 25.3. The highest BCUT2D eigenvalue weighted by molar-refractivity contribution is 5.75. The molecule has 4 nitrogen and oxygen atoms in total. The quantitative estimate of drug-likeness (QED) is 0.652. The summed E-state index contributed by atoms with van der Waals surface area (Å²) in [5.41, 5.74) is 3.66. The van der Waals surface area contributed by atoms with Gasteiger partial charge < -0.3 is 16.4 Å². The molecule has 0 fully saturated rings. The van der Waals surface area contributed by atoms with Crippen molar-refractivity contribution in [1.82, 2.24) is 10.6 Å². The van der Waals surface area contributed by atoms with Gasteiger partial charge in [-0.1, -0.05) is 0 Å². The molecule has 0 bridgehead atoms. The molecule has 0 aliphatic heterocycles. The summed E-state index contributed by atoms with van der Waals surface area (Å²) >= 11 is 0. The van der Waals surface area contributed by atoms with E-state index in [1.807, 2.05) is 0 Å². The lowest BCUT2D eigenvalue weighted by Crippen LogP contribution is -2.56. The van der Waals surface area contributed by atoms with Crippen molar-refractivity contribution in [2.24, 2.45) is 5.73 Å². The Bertz CT molecular complexity index is 212. The summed E-state index contributed by atoms with van der Waals surface area (Å²) in [6, 6.07) is -0.689. The molecule has 0 saturated carbocycles. The highest BCUT2D eigenvalue weighted by atomic mass is 19.3. The van der Waals surface area contributed by atoms with Gasteiger partial charge in [-0.3, -0.25) is 0 Å². The second-order valence-electron chi connectivity index (χ2n) is 4.01. The molecule has 4 N–H and O–H groups in total. The van der Waals surface area contributed by atoms with Crippen LogP contribution in [0.3, 0.4) is 0 Å². The van der Waals surface area contributed by atoms with Gasteiger partial charge in [0.15, 0.2) is 0 Å². The third kappa shape index (κ3) is 4.92. The van der Waals surface area contributed by atoms with Crippen LogP contribution in [0.5, 0.6) is 0 Å². The zero-order chi connectivity index (χ0) is 12.1. The number of nitrogens with one attached hydrogen (secondary N) is 2. The second kappa shape index (κ2) is 5.85. The molecule has 1 atom stereocenters. The number of carbonyl (C=O) groups excluding carboxylic acids is 1. The Kier molecular flexibility index (Phi) is 5.49. The van der Waals surface area contributed by atoms with Crippen LogP contribution in [0, 0.1) is 0 Å². The van der Waals surface area contributed by atoms with Crippen LogP contribution in [0.25, 0.3) is 0 Å². The number of urea groups is 1. The van der Waals surface area contributed by atoms with Crippen LogP contribution in [-0.4, -0.2) is 30.6 Å². The van der Waals surface area contributed by atoms with Crippen molar-refractivity contribution < 1.29 is 13.6 Å². The molecule has 1 unspecified atom stereocenters. The summed E-state index contributed by atoms with van der Waals surface area (Å²) in [4.78, 5) is 11.3. The average molecular weight is 223 g/mol. The Morgan fingerprint density at radius 3 is 2.33 bits per heavy atom. The van der Waals surface area contributed by atoms with Gasteiger partial charge >= 0.3 is 6.03 Å². The summed E-state index contributed by atoms with van der Waals surface area (Å²) in [6.45, 7) is 4.89. The third-order valence-corrected chi connectivity index (χ3v) is 1.96. The zero-order valence-corrected chi connectivity index (χ0v) is 9.31. The molecule has 2 amide bonds. The maximum Gasteiger partial charge on any atom is 0.315 e. The number of rotatable bonds is 5. The first-order chi connectivity index (χ1) is 6.81.